The number of hydrogen-bond donors (Lipinski definition) is 1. The third kappa shape index (κ3) is 5.61. The fraction of sp³-hybridized carbons (Fsp3) is 0.650. The molecule has 0 bridgehead atoms. The average molecular weight is 383 g/mol. The van der Waals surface area contributed by atoms with Gasteiger partial charge in [-0.25, -0.2) is 0 Å². The zero-order chi connectivity index (χ0) is 19.4. The molecule has 0 aromatic heterocycles. The summed E-state index contributed by atoms with van der Waals surface area (Å²) >= 11 is 0. The van der Waals surface area contributed by atoms with E-state index in [2.05, 4.69) is 40.2 Å². The first-order valence-corrected chi connectivity index (χ1v) is 9.71. The van der Waals surface area contributed by atoms with Crippen LogP contribution in [0.1, 0.15) is 31.2 Å². The molecule has 1 aromatic carbocycles. The lowest BCUT2D eigenvalue weighted by atomic mass is 9.85. The Kier molecular flexibility index (Phi) is 6.29. The number of hydrogen-bond acceptors (Lipinski definition) is 3. The Hall–Kier alpha value is -1.76. The van der Waals surface area contributed by atoms with Crippen LogP contribution in [0.5, 0.6) is 0 Å². The van der Waals surface area contributed by atoms with Crippen LogP contribution in [0.15, 0.2) is 24.3 Å². The molecule has 2 aliphatic rings. The van der Waals surface area contributed by atoms with Crippen LogP contribution in [-0.4, -0.2) is 55.7 Å². The van der Waals surface area contributed by atoms with E-state index in [0.717, 1.165) is 26.2 Å². The van der Waals surface area contributed by atoms with Crippen molar-refractivity contribution < 1.29 is 18.0 Å². The van der Waals surface area contributed by atoms with Gasteiger partial charge in [0.2, 0.25) is 5.91 Å². The van der Waals surface area contributed by atoms with E-state index in [1.807, 2.05) is 6.07 Å². The third-order valence-electron chi connectivity index (χ3n) is 5.61. The molecule has 1 heterocycles. The number of anilines is 1. The van der Waals surface area contributed by atoms with Crippen molar-refractivity contribution in [2.75, 3.05) is 37.6 Å². The molecule has 4 nitrogen and oxygen atoms in total. The summed E-state index contributed by atoms with van der Waals surface area (Å²) in [6.07, 6.45) is -2.81. The maximum absolute atomic E-state index is 12.9. The van der Waals surface area contributed by atoms with Crippen molar-refractivity contribution in [3.05, 3.63) is 29.8 Å². The lowest BCUT2D eigenvalue weighted by Crippen LogP contribution is -2.51. The molecule has 3 rings (SSSR count). The molecule has 1 aromatic rings. The lowest BCUT2D eigenvalue weighted by molar-refractivity contribution is -0.184. The number of benzene rings is 1. The summed E-state index contributed by atoms with van der Waals surface area (Å²) < 4.78 is 38.7. The van der Waals surface area contributed by atoms with Gasteiger partial charge in [0.1, 0.15) is 0 Å². The van der Waals surface area contributed by atoms with Crippen LogP contribution in [-0.2, 0) is 4.79 Å². The molecule has 27 heavy (non-hydrogen) atoms. The number of alkyl halides is 3. The van der Waals surface area contributed by atoms with Gasteiger partial charge in [-0.05, 0) is 43.9 Å². The van der Waals surface area contributed by atoms with Crippen LogP contribution >= 0.6 is 0 Å². The minimum absolute atomic E-state index is 0.0103. The van der Waals surface area contributed by atoms with E-state index in [9.17, 15) is 18.0 Å². The van der Waals surface area contributed by atoms with Crippen LogP contribution in [0.4, 0.5) is 18.9 Å². The largest absolute Gasteiger partial charge is 0.391 e. The molecule has 1 aliphatic carbocycles. The smallest absolute Gasteiger partial charge is 0.369 e. The summed E-state index contributed by atoms with van der Waals surface area (Å²) in [5.74, 6) is -1.44. The van der Waals surface area contributed by atoms with E-state index in [4.69, 9.17) is 0 Å². The second-order valence-electron chi connectivity index (χ2n) is 7.77. The lowest BCUT2D eigenvalue weighted by Gasteiger charge is -2.36. The van der Waals surface area contributed by atoms with Crippen LogP contribution in [0.2, 0.25) is 0 Å². The Balaban J connectivity index is 1.43. The van der Waals surface area contributed by atoms with Crippen molar-refractivity contribution in [1.82, 2.24) is 10.2 Å². The first-order chi connectivity index (χ1) is 12.8. The molecule has 1 saturated carbocycles. The van der Waals surface area contributed by atoms with E-state index in [-0.39, 0.29) is 31.3 Å². The molecule has 0 radical (unpaired) electrons. The van der Waals surface area contributed by atoms with E-state index >= 15 is 0 Å². The van der Waals surface area contributed by atoms with Gasteiger partial charge >= 0.3 is 6.18 Å². The fourth-order valence-corrected chi connectivity index (χ4v) is 4.08. The van der Waals surface area contributed by atoms with Crippen LogP contribution in [0, 0.1) is 12.8 Å². The number of rotatable bonds is 4. The molecule has 1 amide bonds. The molecule has 2 fully saturated rings. The van der Waals surface area contributed by atoms with Crippen molar-refractivity contribution in [2.45, 2.75) is 44.8 Å². The number of piperazine rings is 1. The van der Waals surface area contributed by atoms with E-state index < -0.39 is 12.1 Å². The number of halogens is 3. The quantitative estimate of drug-likeness (QED) is 0.866. The van der Waals surface area contributed by atoms with Crippen molar-refractivity contribution in [1.29, 1.82) is 0 Å². The van der Waals surface area contributed by atoms with Gasteiger partial charge < -0.3 is 10.2 Å². The Morgan fingerprint density at radius 2 is 1.93 bits per heavy atom. The molecule has 1 N–H and O–H groups in total. The number of amides is 1. The molecule has 1 aliphatic heterocycles. The molecule has 1 saturated heterocycles. The predicted octanol–water partition coefficient (Wildman–Crippen LogP) is 3.35. The van der Waals surface area contributed by atoms with Gasteiger partial charge in [0.15, 0.2) is 0 Å². The van der Waals surface area contributed by atoms with Gasteiger partial charge in [0.05, 0.1) is 12.5 Å². The van der Waals surface area contributed by atoms with Crippen molar-refractivity contribution in [2.24, 2.45) is 5.92 Å². The zero-order valence-corrected chi connectivity index (χ0v) is 15.8. The van der Waals surface area contributed by atoms with E-state index in [0.29, 0.717) is 12.8 Å². The minimum Gasteiger partial charge on any atom is -0.369 e. The SMILES string of the molecule is Cc1cccc(N2CCN(CC(=O)N[C@H]3CCC[C@H](C(F)(F)F)C3)CC2)c1. The molecule has 150 valence electrons. The van der Waals surface area contributed by atoms with E-state index in [1.54, 1.807) is 0 Å². The van der Waals surface area contributed by atoms with Gasteiger partial charge in [0.25, 0.3) is 0 Å². The predicted molar refractivity (Wildman–Crippen MR) is 99.8 cm³/mol. The molecule has 0 unspecified atom stereocenters. The van der Waals surface area contributed by atoms with Gasteiger partial charge in [-0.1, -0.05) is 18.6 Å². The van der Waals surface area contributed by atoms with Crippen LogP contribution in [0.25, 0.3) is 0 Å². The first kappa shape index (κ1) is 20.0. The molecule has 0 spiro atoms. The summed E-state index contributed by atoms with van der Waals surface area (Å²) in [6.45, 7) is 5.56. The second kappa shape index (κ2) is 8.50. The zero-order valence-electron chi connectivity index (χ0n) is 15.8. The number of aryl methyl sites for hydroxylation is 1. The third-order valence-corrected chi connectivity index (χ3v) is 5.61. The fourth-order valence-electron chi connectivity index (χ4n) is 4.08. The Morgan fingerprint density at radius 1 is 1.19 bits per heavy atom. The van der Waals surface area contributed by atoms with Gasteiger partial charge in [0, 0.05) is 37.9 Å². The first-order valence-electron chi connectivity index (χ1n) is 9.71. The van der Waals surface area contributed by atoms with Gasteiger partial charge in [-0.3, -0.25) is 9.69 Å². The summed E-state index contributed by atoms with van der Waals surface area (Å²) in [6, 6.07) is 8.01. The summed E-state index contributed by atoms with van der Waals surface area (Å²) in [5, 5.41) is 2.82. The van der Waals surface area contributed by atoms with Crippen molar-refractivity contribution in [3.63, 3.8) is 0 Å². The Morgan fingerprint density at radius 3 is 2.59 bits per heavy atom. The maximum Gasteiger partial charge on any atom is 0.391 e. The van der Waals surface area contributed by atoms with Gasteiger partial charge in [-0.2, -0.15) is 13.2 Å². The van der Waals surface area contributed by atoms with Crippen LogP contribution in [0.3, 0.4) is 0 Å². The standard InChI is InChI=1S/C20H28F3N3O/c1-15-4-2-7-18(12-15)26-10-8-25(9-11-26)14-19(27)24-17-6-3-5-16(13-17)20(21,22)23/h2,4,7,12,16-17H,3,5-6,8-11,13-14H2,1H3,(H,24,27)/t16-,17-/m0/s1. The van der Waals surface area contributed by atoms with Crippen LogP contribution < -0.4 is 10.2 Å². The van der Waals surface area contributed by atoms with Crippen molar-refractivity contribution in [3.8, 4) is 0 Å². The van der Waals surface area contributed by atoms with Gasteiger partial charge in [-0.15, -0.1) is 0 Å². The summed E-state index contributed by atoms with van der Waals surface area (Å²) in [5.41, 5.74) is 2.42. The molecule has 7 heteroatoms. The Labute approximate surface area is 158 Å². The monoisotopic (exact) mass is 383 g/mol. The highest BCUT2D eigenvalue weighted by Crippen LogP contribution is 2.37. The topological polar surface area (TPSA) is 35.6 Å². The number of nitrogens with one attached hydrogen (secondary N) is 1. The van der Waals surface area contributed by atoms with Crippen molar-refractivity contribution >= 4 is 11.6 Å². The normalized spacial score (nSPS) is 24.7. The Bertz CT molecular complexity index is 642. The maximum atomic E-state index is 12.9. The number of carbonyl (C=O) groups is 1. The summed E-state index contributed by atoms with van der Waals surface area (Å²) in [7, 11) is 0. The second-order valence-corrected chi connectivity index (χ2v) is 7.77. The number of nitrogens with zero attached hydrogens (tertiary/aromatic N) is 2. The minimum atomic E-state index is -4.16. The molecule has 2 atom stereocenters. The highest BCUT2D eigenvalue weighted by atomic mass is 19.4. The van der Waals surface area contributed by atoms with E-state index in [1.165, 1.54) is 11.3 Å². The number of carbonyl (C=O) groups excluding carboxylic acids is 1. The highest BCUT2D eigenvalue weighted by Gasteiger charge is 2.42. The average Bonchev–Trinajstić information content (AvgIpc) is 2.62. The molecular formula is C20H28F3N3O. The highest BCUT2D eigenvalue weighted by molar-refractivity contribution is 5.78. The summed E-state index contributed by atoms with van der Waals surface area (Å²) in [4.78, 5) is 16.7. The molecular weight excluding hydrogens is 355 g/mol.